The molecule has 4 nitrogen and oxygen atoms in total. The maximum absolute atomic E-state index is 13.3. The average Bonchev–Trinajstić information content (AvgIpc) is 3.08. The Morgan fingerprint density at radius 1 is 1.20 bits per heavy atom. The van der Waals surface area contributed by atoms with Gasteiger partial charge in [-0.05, 0) is 36.9 Å². The fourth-order valence-electron chi connectivity index (χ4n) is 2.91. The summed E-state index contributed by atoms with van der Waals surface area (Å²) in [5, 5.41) is 6.16. The molecule has 3 rings (SSSR count). The molecular formula is C20H22FN3O. The Morgan fingerprint density at radius 2 is 1.88 bits per heavy atom. The molecular weight excluding hydrogens is 317 g/mol. The van der Waals surface area contributed by atoms with Gasteiger partial charge in [-0.2, -0.15) is 5.10 Å². The normalized spacial score (nSPS) is 17.0. The largest absolute Gasteiger partial charge is 0.298 e. The Bertz CT molecular complexity index is 758. The van der Waals surface area contributed by atoms with E-state index in [-0.39, 0.29) is 17.8 Å². The molecule has 130 valence electrons. The summed E-state index contributed by atoms with van der Waals surface area (Å²) < 4.78 is 13.3. The summed E-state index contributed by atoms with van der Waals surface area (Å²) in [6, 6.07) is 16.0. The molecule has 0 aliphatic carbocycles. The van der Waals surface area contributed by atoms with Crippen LogP contribution in [0, 0.1) is 5.82 Å². The van der Waals surface area contributed by atoms with Crippen molar-refractivity contribution in [2.75, 3.05) is 20.1 Å². The highest BCUT2D eigenvalue weighted by Gasteiger charge is 2.33. The highest BCUT2D eigenvalue weighted by Crippen LogP contribution is 2.32. The quantitative estimate of drug-likeness (QED) is 0.836. The summed E-state index contributed by atoms with van der Waals surface area (Å²) in [6.07, 6.45) is 0.622. The van der Waals surface area contributed by atoms with Crippen LogP contribution >= 0.6 is 0 Å². The van der Waals surface area contributed by atoms with E-state index in [1.165, 1.54) is 12.1 Å². The standard InChI is InChI=1S/C20H22FN3O/c1-3-23(2)14-20(25)24-19(16-9-11-17(21)12-10-16)13-18(22-24)15-7-5-4-6-8-15/h4-12,19H,3,13-14H2,1-2H3/t19-/m0/s1. The molecule has 1 amide bonds. The fourth-order valence-corrected chi connectivity index (χ4v) is 2.91. The molecule has 1 aliphatic heterocycles. The third-order valence-electron chi connectivity index (χ3n) is 4.47. The maximum atomic E-state index is 13.3. The van der Waals surface area contributed by atoms with Crippen LogP contribution in [0.3, 0.4) is 0 Å². The van der Waals surface area contributed by atoms with Gasteiger partial charge in [0.05, 0.1) is 18.3 Å². The van der Waals surface area contributed by atoms with Crippen molar-refractivity contribution in [1.29, 1.82) is 0 Å². The van der Waals surface area contributed by atoms with Crippen molar-refractivity contribution in [3.8, 4) is 0 Å². The van der Waals surface area contributed by atoms with E-state index < -0.39 is 0 Å². The van der Waals surface area contributed by atoms with E-state index >= 15 is 0 Å². The molecule has 25 heavy (non-hydrogen) atoms. The number of halogens is 1. The predicted octanol–water partition coefficient (Wildman–Crippen LogP) is 3.46. The number of nitrogens with zero attached hydrogens (tertiary/aromatic N) is 3. The summed E-state index contributed by atoms with van der Waals surface area (Å²) in [5.74, 6) is -0.334. The first-order chi connectivity index (χ1) is 12.1. The maximum Gasteiger partial charge on any atom is 0.257 e. The van der Waals surface area contributed by atoms with Crippen LogP contribution in [-0.2, 0) is 4.79 Å². The molecule has 1 aliphatic rings. The number of carbonyl (C=O) groups excluding carboxylic acids is 1. The van der Waals surface area contributed by atoms with Crippen LogP contribution in [0.15, 0.2) is 59.7 Å². The van der Waals surface area contributed by atoms with Gasteiger partial charge in [-0.15, -0.1) is 0 Å². The van der Waals surface area contributed by atoms with Crippen molar-refractivity contribution >= 4 is 11.6 Å². The van der Waals surface area contributed by atoms with Crippen LogP contribution in [0.1, 0.15) is 30.5 Å². The van der Waals surface area contributed by atoms with Crippen molar-refractivity contribution in [3.63, 3.8) is 0 Å². The van der Waals surface area contributed by atoms with Gasteiger partial charge < -0.3 is 0 Å². The lowest BCUT2D eigenvalue weighted by molar-refractivity contribution is -0.133. The second-order valence-corrected chi connectivity index (χ2v) is 6.25. The molecule has 0 N–H and O–H groups in total. The zero-order valence-electron chi connectivity index (χ0n) is 14.5. The van der Waals surface area contributed by atoms with Gasteiger partial charge in [-0.1, -0.05) is 49.4 Å². The summed E-state index contributed by atoms with van der Waals surface area (Å²) in [7, 11) is 1.91. The van der Waals surface area contributed by atoms with Crippen LogP contribution in [0.5, 0.6) is 0 Å². The van der Waals surface area contributed by atoms with Gasteiger partial charge in [0.2, 0.25) is 0 Å². The number of hydrogen-bond donors (Lipinski definition) is 0. The summed E-state index contributed by atoms with van der Waals surface area (Å²) in [5.41, 5.74) is 2.78. The zero-order chi connectivity index (χ0) is 17.8. The van der Waals surface area contributed by atoms with Crippen LogP contribution in [0.25, 0.3) is 0 Å². The minimum Gasteiger partial charge on any atom is -0.298 e. The lowest BCUT2D eigenvalue weighted by Gasteiger charge is -2.24. The molecule has 2 aromatic carbocycles. The molecule has 0 radical (unpaired) electrons. The molecule has 0 unspecified atom stereocenters. The smallest absolute Gasteiger partial charge is 0.257 e. The van der Waals surface area contributed by atoms with Gasteiger partial charge in [0, 0.05) is 6.42 Å². The lowest BCUT2D eigenvalue weighted by Crippen LogP contribution is -2.36. The van der Waals surface area contributed by atoms with Gasteiger partial charge in [-0.25, -0.2) is 9.40 Å². The van der Waals surface area contributed by atoms with Crippen molar-refractivity contribution in [1.82, 2.24) is 9.91 Å². The molecule has 0 bridgehead atoms. The number of hydrazone groups is 1. The number of amides is 1. The molecule has 0 saturated heterocycles. The lowest BCUT2D eigenvalue weighted by atomic mass is 9.98. The Labute approximate surface area is 147 Å². The first-order valence-corrected chi connectivity index (χ1v) is 8.47. The number of carbonyl (C=O) groups is 1. The highest BCUT2D eigenvalue weighted by molar-refractivity contribution is 6.03. The molecule has 1 atom stereocenters. The van der Waals surface area contributed by atoms with Crippen LogP contribution < -0.4 is 0 Å². The molecule has 0 fully saturated rings. The van der Waals surface area contributed by atoms with Crippen molar-refractivity contribution in [3.05, 3.63) is 71.5 Å². The molecule has 0 saturated carbocycles. The number of likely N-dealkylation sites (N-methyl/N-ethyl adjacent to an activating group) is 1. The summed E-state index contributed by atoms with van der Waals surface area (Å²) >= 11 is 0. The van der Waals surface area contributed by atoms with Gasteiger partial charge >= 0.3 is 0 Å². The Morgan fingerprint density at radius 3 is 2.52 bits per heavy atom. The van der Waals surface area contributed by atoms with Crippen LogP contribution in [0.2, 0.25) is 0 Å². The minimum absolute atomic E-state index is 0.0513. The minimum atomic E-state index is -0.283. The van der Waals surface area contributed by atoms with Crippen LogP contribution in [0.4, 0.5) is 4.39 Å². The summed E-state index contributed by atoms with van der Waals surface area (Å²) in [6.45, 7) is 3.10. The average molecular weight is 339 g/mol. The number of rotatable bonds is 5. The van der Waals surface area contributed by atoms with E-state index in [4.69, 9.17) is 0 Å². The third kappa shape index (κ3) is 3.94. The first-order valence-electron chi connectivity index (χ1n) is 8.47. The van der Waals surface area contributed by atoms with Gasteiger partial charge in [0.25, 0.3) is 5.91 Å². The summed E-state index contributed by atoms with van der Waals surface area (Å²) in [4.78, 5) is 14.7. The molecule has 5 heteroatoms. The van der Waals surface area contributed by atoms with Gasteiger partial charge in [-0.3, -0.25) is 9.69 Å². The predicted molar refractivity (Wildman–Crippen MR) is 96.8 cm³/mol. The Hall–Kier alpha value is -2.53. The highest BCUT2D eigenvalue weighted by atomic mass is 19.1. The van der Waals surface area contributed by atoms with Gasteiger partial charge in [0.15, 0.2) is 0 Å². The Kier molecular flexibility index (Phi) is 5.24. The van der Waals surface area contributed by atoms with E-state index in [1.807, 2.05) is 49.2 Å². The zero-order valence-corrected chi connectivity index (χ0v) is 14.5. The van der Waals surface area contributed by atoms with Crippen molar-refractivity contribution in [2.45, 2.75) is 19.4 Å². The second kappa shape index (κ2) is 7.57. The van der Waals surface area contributed by atoms with E-state index in [0.717, 1.165) is 23.4 Å². The number of benzene rings is 2. The topological polar surface area (TPSA) is 35.9 Å². The van der Waals surface area contributed by atoms with E-state index in [2.05, 4.69) is 5.10 Å². The molecule has 0 spiro atoms. The van der Waals surface area contributed by atoms with E-state index in [1.54, 1.807) is 17.1 Å². The van der Waals surface area contributed by atoms with Crippen molar-refractivity contribution < 1.29 is 9.18 Å². The van der Waals surface area contributed by atoms with E-state index in [9.17, 15) is 9.18 Å². The SMILES string of the molecule is CCN(C)CC(=O)N1N=C(c2ccccc2)C[C@H]1c1ccc(F)cc1. The number of hydrogen-bond acceptors (Lipinski definition) is 3. The van der Waals surface area contributed by atoms with Crippen LogP contribution in [-0.4, -0.2) is 41.7 Å². The Balaban J connectivity index is 1.90. The monoisotopic (exact) mass is 339 g/mol. The molecule has 1 heterocycles. The fraction of sp³-hybridized carbons (Fsp3) is 0.300. The van der Waals surface area contributed by atoms with Crippen molar-refractivity contribution in [2.24, 2.45) is 5.10 Å². The van der Waals surface area contributed by atoms with Gasteiger partial charge in [0.1, 0.15) is 5.82 Å². The first kappa shape index (κ1) is 17.3. The third-order valence-corrected chi connectivity index (χ3v) is 4.47. The molecule has 0 aromatic heterocycles. The second-order valence-electron chi connectivity index (χ2n) is 6.25. The van der Waals surface area contributed by atoms with E-state index in [0.29, 0.717) is 13.0 Å². The molecule has 2 aromatic rings.